The molecule has 2 aromatic rings. The molecule has 1 N–H and O–H groups in total. The number of hydrogen-bond donors (Lipinski definition) is 1. The van der Waals surface area contributed by atoms with E-state index >= 15 is 0 Å². The van der Waals surface area contributed by atoms with E-state index in [1.54, 1.807) is 6.07 Å². The second-order valence-corrected chi connectivity index (χ2v) is 13.4. The Morgan fingerprint density at radius 2 is 1.59 bits per heavy atom. The van der Waals surface area contributed by atoms with E-state index in [4.69, 9.17) is 13.9 Å². The molecule has 0 aliphatic heterocycles. The molecule has 29 heavy (non-hydrogen) atoms. The van der Waals surface area contributed by atoms with Gasteiger partial charge in [0.15, 0.2) is 8.32 Å². The smallest absolute Gasteiger partial charge is 0.335 e. The molecule has 0 spiro atoms. The van der Waals surface area contributed by atoms with Crippen molar-refractivity contribution in [2.45, 2.75) is 51.9 Å². The fraction of sp³-hybridized carbons (Fsp3) is 0.435. The van der Waals surface area contributed by atoms with Gasteiger partial charge in [-0.25, -0.2) is 4.79 Å². The zero-order chi connectivity index (χ0) is 21.5. The molecule has 2 aromatic carbocycles. The normalized spacial score (nSPS) is 11.9. The third-order valence-electron chi connectivity index (χ3n) is 5.20. The molecule has 0 unspecified atom stereocenters. The molecule has 0 fully saturated rings. The maximum atomic E-state index is 11.4. The first-order valence-electron chi connectivity index (χ1n) is 9.90. The fourth-order valence-electron chi connectivity index (χ4n) is 2.40. The zero-order valence-corrected chi connectivity index (χ0v) is 19.0. The lowest BCUT2D eigenvalue weighted by Gasteiger charge is -2.36. The van der Waals surface area contributed by atoms with E-state index in [1.807, 2.05) is 30.3 Å². The van der Waals surface area contributed by atoms with Crippen LogP contribution in [0.15, 0.2) is 48.5 Å². The Kier molecular flexibility index (Phi) is 7.87. The van der Waals surface area contributed by atoms with Crippen molar-refractivity contribution < 1.29 is 23.8 Å². The van der Waals surface area contributed by atoms with Crippen LogP contribution in [0.3, 0.4) is 0 Å². The Bertz CT molecular complexity index is 797. The van der Waals surface area contributed by atoms with Gasteiger partial charge in [-0.3, -0.25) is 0 Å². The first-order valence-corrected chi connectivity index (χ1v) is 12.8. The quantitative estimate of drug-likeness (QED) is 0.394. The Labute approximate surface area is 174 Å². The van der Waals surface area contributed by atoms with Crippen LogP contribution in [0.5, 0.6) is 11.5 Å². The maximum absolute atomic E-state index is 11.4. The average molecular weight is 417 g/mol. The van der Waals surface area contributed by atoms with E-state index < -0.39 is 14.3 Å². The summed E-state index contributed by atoms with van der Waals surface area (Å²) in [5.41, 5.74) is 1.15. The number of aromatic carboxylic acids is 1. The highest BCUT2D eigenvalue weighted by Crippen LogP contribution is 2.36. The van der Waals surface area contributed by atoms with Gasteiger partial charge in [-0.15, -0.1) is 0 Å². The van der Waals surface area contributed by atoms with Gasteiger partial charge in [0.1, 0.15) is 18.1 Å². The van der Waals surface area contributed by atoms with Crippen molar-refractivity contribution >= 4 is 14.3 Å². The minimum Gasteiger partial charge on any atom is -0.493 e. The van der Waals surface area contributed by atoms with E-state index in [2.05, 4.69) is 33.9 Å². The van der Waals surface area contributed by atoms with Gasteiger partial charge in [0.2, 0.25) is 0 Å². The molecule has 0 radical (unpaired) electrons. The van der Waals surface area contributed by atoms with E-state index in [-0.39, 0.29) is 10.6 Å². The highest BCUT2D eigenvalue weighted by molar-refractivity contribution is 6.74. The average Bonchev–Trinajstić information content (AvgIpc) is 2.66. The molecule has 0 aromatic heterocycles. The van der Waals surface area contributed by atoms with Gasteiger partial charge in [-0.2, -0.15) is 0 Å². The summed E-state index contributed by atoms with van der Waals surface area (Å²) in [6.45, 7) is 12.5. The van der Waals surface area contributed by atoms with Gasteiger partial charge in [0.25, 0.3) is 0 Å². The van der Waals surface area contributed by atoms with Crippen molar-refractivity contribution in [3.8, 4) is 11.5 Å². The van der Waals surface area contributed by atoms with Crippen molar-refractivity contribution in [3.05, 3.63) is 59.7 Å². The van der Waals surface area contributed by atoms with Crippen LogP contribution in [0.25, 0.3) is 0 Å². The second-order valence-electron chi connectivity index (χ2n) is 8.58. The summed E-state index contributed by atoms with van der Waals surface area (Å²) in [5.74, 6) is -0.0529. The highest BCUT2D eigenvalue weighted by Gasteiger charge is 2.36. The third kappa shape index (κ3) is 7.22. The molecule has 6 heteroatoms. The minimum atomic E-state index is -1.76. The number of hydrogen-bond acceptors (Lipinski definition) is 4. The van der Waals surface area contributed by atoms with Crippen molar-refractivity contribution in [1.29, 1.82) is 0 Å². The Morgan fingerprint density at radius 1 is 0.966 bits per heavy atom. The Hall–Kier alpha value is -2.31. The molecule has 0 bridgehead atoms. The van der Waals surface area contributed by atoms with Gasteiger partial charge in [0.05, 0.1) is 12.2 Å². The summed E-state index contributed by atoms with van der Waals surface area (Å²) in [5, 5.41) is 9.54. The fourth-order valence-corrected chi connectivity index (χ4v) is 3.48. The van der Waals surface area contributed by atoms with Crippen LogP contribution < -0.4 is 9.47 Å². The summed E-state index contributed by atoms with van der Waals surface area (Å²) in [6, 6.07) is 14.5. The summed E-state index contributed by atoms with van der Waals surface area (Å²) >= 11 is 0. The zero-order valence-electron chi connectivity index (χ0n) is 18.0. The molecule has 5 nitrogen and oxygen atoms in total. The number of carbonyl (C=O) groups is 1. The molecule has 0 saturated carbocycles. The number of rotatable bonds is 10. The van der Waals surface area contributed by atoms with Crippen LogP contribution in [0.1, 0.15) is 43.1 Å². The van der Waals surface area contributed by atoms with Crippen LogP contribution in [0.2, 0.25) is 18.1 Å². The molecule has 0 amide bonds. The lowest BCUT2D eigenvalue weighted by molar-refractivity contribution is 0.0695. The predicted molar refractivity (Wildman–Crippen MR) is 117 cm³/mol. The van der Waals surface area contributed by atoms with Crippen LogP contribution in [0.4, 0.5) is 0 Å². The largest absolute Gasteiger partial charge is 0.493 e. The molecule has 0 aliphatic carbocycles. The van der Waals surface area contributed by atoms with Crippen molar-refractivity contribution in [3.63, 3.8) is 0 Å². The van der Waals surface area contributed by atoms with Gasteiger partial charge in [-0.1, -0.05) is 51.1 Å². The van der Waals surface area contributed by atoms with Gasteiger partial charge in [0, 0.05) is 19.1 Å². The van der Waals surface area contributed by atoms with Crippen LogP contribution in [-0.4, -0.2) is 32.6 Å². The molecule has 0 atom stereocenters. The summed E-state index contributed by atoms with van der Waals surface area (Å²) in [6.07, 6.45) is 0.740. The molecular weight excluding hydrogens is 384 g/mol. The maximum Gasteiger partial charge on any atom is 0.335 e. The number of ether oxygens (including phenoxy) is 2. The van der Waals surface area contributed by atoms with Crippen molar-refractivity contribution in [2.75, 3.05) is 13.2 Å². The minimum absolute atomic E-state index is 0.142. The molecule has 0 saturated heterocycles. The molecular formula is C23H32O5Si. The SMILES string of the molecule is CC(C)(C)[Si](C)(C)OCCCOc1cc(OCc2ccccc2)cc(C(=O)O)c1. The summed E-state index contributed by atoms with van der Waals surface area (Å²) < 4.78 is 17.7. The number of carboxylic acid groups (broad SMARTS) is 1. The van der Waals surface area contributed by atoms with Crippen LogP contribution >= 0.6 is 0 Å². The van der Waals surface area contributed by atoms with Crippen molar-refractivity contribution in [1.82, 2.24) is 0 Å². The van der Waals surface area contributed by atoms with Gasteiger partial charge < -0.3 is 19.0 Å². The molecule has 0 heterocycles. The van der Waals surface area contributed by atoms with E-state index in [1.165, 1.54) is 12.1 Å². The predicted octanol–water partition coefficient (Wildman–Crippen LogP) is 5.75. The topological polar surface area (TPSA) is 65.0 Å². The highest BCUT2D eigenvalue weighted by atomic mass is 28.4. The van der Waals surface area contributed by atoms with E-state index in [9.17, 15) is 9.90 Å². The third-order valence-corrected chi connectivity index (χ3v) is 9.74. The Morgan fingerprint density at radius 3 is 2.17 bits per heavy atom. The second kappa shape index (κ2) is 9.94. The lowest BCUT2D eigenvalue weighted by atomic mass is 10.2. The monoisotopic (exact) mass is 416 g/mol. The molecule has 0 aliphatic rings. The number of benzene rings is 2. The van der Waals surface area contributed by atoms with Crippen LogP contribution in [-0.2, 0) is 11.0 Å². The van der Waals surface area contributed by atoms with Gasteiger partial charge >= 0.3 is 5.97 Å². The summed E-state index contributed by atoms with van der Waals surface area (Å²) in [4.78, 5) is 11.4. The first kappa shape index (κ1) is 23.0. The lowest BCUT2D eigenvalue weighted by Crippen LogP contribution is -2.41. The van der Waals surface area contributed by atoms with Crippen molar-refractivity contribution in [2.24, 2.45) is 0 Å². The Balaban J connectivity index is 1.92. The van der Waals surface area contributed by atoms with E-state index in [0.717, 1.165) is 12.0 Å². The molecule has 2 rings (SSSR count). The van der Waals surface area contributed by atoms with Crippen LogP contribution in [0, 0.1) is 0 Å². The van der Waals surface area contributed by atoms with Gasteiger partial charge in [-0.05, 0) is 35.8 Å². The first-order chi connectivity index (χ1) is 13.6. The molecule has 158 valence electrons. The summed E-state index contributed by atoms with van der Waals surface area (Å²) in [7, 11) is -1.76. The number of carboxylic acids is 1. The van der Waals surface area contributed by atoms with E-state index in [0.29, 0.717) is 31.3 Å². The standard InChI is InChI=1S/C23H32O5Si/c1-23(2,3)29(4,5)28-13-9-12-26-20-14-19(22(24)25)15-21(16-20)27-17-18-10-7-6-8-11-18/h6-8,10-11,14-16H,9,12-13,17H2,1-5H3,(H,24,25).